The summed E-state index contributed by atoms with van der Waals surface area (Å²) in [5, 5.41) is 0.171. The summed E-state index contributed by atoms with van der Waals surface area (Å²) in [6.07, 6.45) is 5.52. The molecule has 1 saturated carbocycles. The van der Waals surface area contributed by atoms with Crippen LogP contribution in [0.1, 0.15) is 31.7 Å². The first-order valence-electron chi connectivity index (χ1n) is 6.83. The summed E-state index contributed by atoms with van der Waals surface area (Å²) in [6, 6.07) is 0.133. The van der Waals surface area contributed by atoms with Crippen LogP contribution in [0.2, 0.25) is 5.28 Å². The first-order valence-corrected chi connectivity index (χ1v) is 7.21. The van der Waals surface area contributed by atoms with E-state index in [1.165, 1.54) is 0 Å². The average molecular weight is 295 g/mol. The molecule has 106 valence electrons. The predicted molar refractivity (Wildman–Crippen MR) is 74.0 cm³/mol. The van der Waals surface area contributed by atoms with Crippen molar-refractivity contribution in [3.63, 3.8) is 0 Å². The average Bonchev–Trinajstić information content (AvgIpc) is 3.12. The monoisotopic (exact) mass is 294 g/mol. The van der Waals surface area contributed by atoms with Crippen LogP contribution < -0.4 is 5.69 Å². The number of rotatable bonds is 1. The lowest BCUT2D eigenvalue weighted by molar-refractivity contribution is -0.0247. The fourth-order valence-corrected chi connectivity index (χ4v) is 3.28. The molecule has 2 aromatic rings. The third kappa shape index (κ3) is 1.71. The molecular weight excluding hydrogens is 280 g/mol. The molecule has 2 aromatic heterocycles. The normalized spacial score (nSPS) is 24.4. The molecule has 1 saturated heterocycles. The number of nitrogens with zero attached hydrogens (tertiary/aromatic N) is 4. The van der Waals surface area contributed by atoms with E-state index in [-0.39, 0.29) is 22.6 Å². The highest BCUT2D eigenvalue weighted by molar-refractivity contribution is 6.28. The largest absolute Gasteiger partial charge is 0.375 e. The van der Waals surface area contributed by atoms with Gasteiger partial charge < -0.3 is 4.74 Å². The summed E-state index contributed by atoms with van der Waals surface area (Å²) in [5.41, 5.74) is 1.30. The summed E-state index contributed by atoms with van der Waals surface area (Å²) >= 11 is 5.89. The molecule has 6 nitrogen and oxygen atoms in total. The second-order valence-corrected chi connectivity index (χ2v) is 6.08. The lowest BCUT2D eigenvalue weighted by Gasteiger charge is -2.30. The molecule has 0 aromatic carbocycles. The van der Waals surface area contributed by atoms with E-state index in [1.54, 1.807) is 22.4 Å². The van der Waals surface area contributed by atoms with Crippen LogP contribution in [0, 0.1) is 0 Å². The van der Waals surface area contributed by atoms with Gasteiger partial charge in [0, 0.05) is 19.7 Å². The van der Waals surface area contributed by atoms with E-state index in [9.17, 15) is 4.79 Å². The summed E-state index contributed by atoms with van der Waals surface area (Å²) < 4.78 is 9.18. The highest BCUT2D eigenvalue weighted by Crippen LogP contribution is 2.49. The van der Waals surface area contributed by atoms with E-state index < -0.39 is 0 Å². The molecular formula is C13H15ClN4O2. The molecule has 1 aliphatic carbocycles. The summed E-state index contributed by atoms with van der Waals surface area (Å²) in [5.74, 6) is 0. The molecule has 1 atom stereocenters. The van der Waals surface area contributed by atoms with Crippen LogP contribution in [0.5, 0.6) is 0 Å². The highest BCUT2D eigenvalue weighted by atomic mass is 35.5. The van der Waals surface area contributed by atoms with Crippen LogP contribution in [0.3, 0.4) is 0 Å². The zero-order valence-corrected chi connectivity index (χ0v) is 11.9. The van der Waals surface area contributed by atoms with E-state index in [0.29, 0.717) is 12.3 Å². The Kier molecular flexibility index (Phi) is 2.50. The van der Waals surface area contributed by atoms with Crippen molar-refractivity contribution in [2.24, 2.45) is 7.05 Å². The quantitative estimate of drug-likeness (QED) is 0.751. The van der Waals surface area contributed by atoms with Gasteiger partial charge in [-0.3, -0.25) is 9.13 Å². The number of ether oxygens (including phenoxy) is 1. The summed E-state index contributed by atoms with van der Waals surface area (Å²) in [6.45, 7) is 0.701. The van der Waals surface area contributed by atoms with Crippen LogP contribution in [0.4, 0.5) is 0 Å². The van der Waals surface area contributed by atoms with Gasteiger partial charge in [-0.2, -0.15) is 4.98 Å². The Morgan fingerprint density at radius 2 is 2.30 bits per heavy atom. The maximum atomic E-state index is 12.5. The SMILES string of the molecule is Cn1c(=O)n([C@@H]2CCOC3(CC3)C2)c2nc(Cl)ncc21. The van der Waals surface area contributed by atoms with Crippen LogP contribution >= 0.6 is 11.6 Å². The van der Waals surface area contributed by atoms with Gasteiger partial charge in [0.15, 0.2) is 5.65 Å². The van der Waals surface area contributed by atoms with Crippen LogP contribution in [-0.4, -0.2) is 31.3 Å². The van der Waals surface area contributed by atoms with Crippen molar-refractivity contribution in [2.75, 3.05) is 6.61 Å². The minimum Gasteiger partial charge on any atom is -0.375 e. The van der Waals surface area contributed by atoms with Gasteiger partial charge in [0.2, 0.25) is 5.28 Å². The van der Waals surface area contributed by atoms with E-state index in [0.717, 1.165) is 31.2 Å². The molecule has 1 spiro atoms. The van der Waals surface area contributed by atoms with Crippen LogP contribution in [-0.2, 0) is 11.8 Å². The predicted octanol–water partition coefficient (Wildman–Crippen LogP) is 1.67. The Morgan fingerprint density at radius 1 is 1.50 bits per heavy atom. The third-order valence-corrected chi connectivity index (χ3v) is 4.63. The molecule has 3 heterocycles. The van der Waals surface area contributed by atoms with E-state index in [1.807, 2.05) is 0 Å². The molecule has 0 N–H and O–H groups in total. The molecule has 1 aliphatic heterocycles. The van der Waals surface area contributed by atoms with Crippen molar-refractivity contribution >= 4 is 22.8 Å². The molecule has 7 heteroatoms. The first kappa shape index (κ1) is 12.3. The fourth-order valence-electron chi connectivity index (χ4n) is 3.15. The number of halogens is 1. The number of fused-ring (bicyclic) bond motifs is 1. The van der Waals surface area contributed by atoms with Gasteiger partial charge in [0.25, 0.3) is 0 Å². The molecule has 0 radical (unpaired) electrons. The number of imidazole rings is 1. The summed E-state index contributed by atoms with van der Waals surface area (Å²) in [4.78, 5) is 20.7. The van der Waals surface area contributed by atoms with Crippen molar-refractivity contribution in [2.45, 2.75) is 37.3 Å². The molecule has 2 aliphatic rings. The second kappa shape index (κ2) is 4.05. The molecule has 20 heavy (non-hydrogen) atoms. The Balaban J connectivity index is 1.88. The minimum absolute atomic E-state index is 0.0152. The molecule has 2 fully saturated rings. The van der Waals surface area contributed by atoms with Crippen LogP contribution in [0.15, 0.2) is 11.0 Å². The molecule has 0 amide bonds. The number of hydrogen-bond donors (Lipinski definition) is 0. The number of aromatic nitrogens is 4. The number of hydrogen-bond acceptors (Lipinski definition) is 4. The van der Waals surface area contributed by atoms with Crippen molar-refractivity contribution in [3.05, 3.63) is 22.0 Å². The van der Waals surface area contributed by atoms with Gasteiger partial charge in [0.05, 0.1) is 11.8 Å². The first-order chi connectivity index (χ1) is 9.60. The zero-order chi connectivity index (χ0) is 13.9. The Labute approximate surface area is 120 Å². The smallest absolute Gasteiger partial charge is 0.330 e. The maximum Gasteiger partial charge on any atom is 0.330 e. The van der Waals surface area contributed by atoms with Crippen molar-refractivity contribution in [3.8, 4) is 0 Å². The van der Waals surface area contributed by atoms with Crippen molar-refractivity contribution in [1.29, 1.82) is 0 Å². The molecule has 0 bridgehead atoms. The van der Waals surface area contributed by atoms with Crippen molar-refractivity contribution in [1.82, 2.24) is 19.1 Å². The van der Waals surface area contributed by atoms with E-state index in [4.69, 9.17) is 16.3 Å². The van der Waals surface area contributed by atoms with Gasteiger partial charge in [-0.05, 0) is 37.3 Å². The van der Waals surface area contributed by atoms with Crippen molar-refractivity contribution < 1.29 is 4.74 Å². The van der Waals surface area contributed by atoms with Crippen LogP contribution in [0.25, 0.3) is 11.2 Å². The van der Waals surface area contributed by atoms with E-state index >= 15 is 0 Å². The van der Waals surface area contributed by atoms with Gasteiger partial charge in [-0.15, -0.1) is 0 Å². The molecule has 4 rings (SSSR count). The highest BCUT2D eigenvalue weighted by Gasteiger charge is 2.48. The Hall–Kier alpha value is -1.40. The lowest BCUT2D eigenvalue weighted by atomic mass is 10.0. The van der Waals surface area contributed by atoms with Gasteiger partial charge in [-0.1, -0.05) is 0 Å². The summed E-state index contributed by atoms with van der Waals surface area (Å²) in [7, 11) is 1.74. The second-order valence-electron chi connectivity index (χ2n) is 5.74. The lowest BCUT2D eigenvalue weighted by Crippen LogP contribution is -2.34. The topological polar surface area (TPSA) is 61.9 Å². The van der Waals surface area contributed by atoms with Gasteiger partial charge in [-0.25, -0.2) is 9.78 Å². The van der Waals surface area contributed by atoms with Gasteiger partial charge >= 0.3 is 5.69 Å². The van der Waals surface area contributed by atoms with E-state index in [2.05, 4.69) is 9.97 Å². The number of aryl methyl sites for hydroxylation is 1. The minimum atomic E-state index is -0.0562. The Morgan fingerprint density at radius 3 is 3.05 bits per heavy atom. The maximum absolute atomic E-state index is 12.5. The third-order valence-electron chi connectivity index (χ3n) is 4.44. The Bertz CT molecular complexity index is 747. The zero-order valence-electron chi connectivity index (χ0n) is 11.2. The van der Waals surface area contributed by atoms with Gasteiger partial charge in [0.1, 0.15) is 5.52 Å². The molecule has 0 unspecified atom stereocenters. The fraction of sp³-hybridized carbons (Fsp3) is 0.615. The standard InChI is InChI=1S/C13H15ClN4O2/c1-17-9-7-15-11(14)16-10(9)18(12(17)19)8-2-5-20-13(6-8)3-4-13/h7-8H,2-6H2,1H3/t8-/m1/s1.